The topological polar surface area (TPSA) is 64.0 Å². The van der Waals surface area contributed by atoms with Gasteiger partial charge < -0.3 is 9.64 Å². The highest BCUT2D eigenvalue weighted by atomic mass is 19.1. The molecule has 3 rings (SSSR count). The molecule has 0 saturated carbocycles. The van der Waals surface area contributed by atoms with E-state index < -0.39 is 0 Å². The molecule has 0 N–H and O–H groups in total. The predicted molar refractivity (Wildman–Crippen MR) is 84.0 cm³/mol. The lowest BCUT2D eigenvalue weighted by molar-refractivity contribution is 0.162. The van der Waals surface area contributed by atoms with Gasteiger partial charge in [-0.05, 0) is 13.3 Å². The third kappa shape index (κ3) is 3.55. The van der Waals surface area contributed by atoms with Crippen LogP contribution < -0.4 is 9.64 Å². The zero-order valence-corrected chi connectivity index (χ0v) is 13.4. The molecule has 1 aliphatic heterocycles. The lowest BCUT2D eigenvalue weighted by Crippen LogP contribution is -2.39. The number of aromatic nitrogens is 4. The number of anilines is 1. The molecule has 6 nitrogen and oxygen atoms in total. The van der Waals surface area contributed by atoms with Crippen molar-refractivity contribution in [2.45, 2.75) is 39.2 Å². The van der Waals surface area contributed by atoms with Crippen LogP contribution in [0, 0.1) is 12.7 Å². The molecule has 23 heavy (non-hydrogen) atoms. The van der Waals surface area contributed by atoms with Gasteiger partial charge in [-0.1, -0.05) is 6.92 Å². The summed E-state index contributed by atoms with van der Waals surface area (Å²) >= 11 is 0. The van der Waals surface area contributed by atoms with Crippen molar-refractivity contribution in [3.63, 3.8) is 0 Å². The van der Waals surface area contributed by atoms with Crippen molar-refractivity contribution in [1.29, 1.82) is 0 Å². The van der Waals surface area contributed by atoms with Crippen LogP contribution in [0.4, 0.5) is 10.2 Å². The third-order valence-corrected chi connectivity index (χ3v) is 3.94. The van der Waals surface area contributed by atoms with E-state index >= 15 is 0 Å². The molecular formula is C16H20FN5O. The first-order valence-electron chi connectivity index (χ1n) is 7.87. The number of nitrogens with zero attached hydrogens (tertiary/aromatic N) is 5. The van der Waals surface area contributed by atoms with Crippen molar-refractivity contribution in [2.24, 2.45) is 0 Å². The van der Waals surface area contributed by atoms with Gasteiger partial charge in [0.05, 0.1) is 17.6 Å². The fraction of sp³-hybridized carbons (Fsp3) is 0.500. The van der Waals surface area contributed by atoms with E-state index in [0.29, 0.717) is 36.9 Å². The molecule has 0 atom stereocenters. The van der Waals surface area contributed by atoms with E-state index in [1.54, 1.807) is 12.4 Å². The summed E-state index contributed by atoms with van der Waals surface area (Å²) in [6.07, 6.45) is 6.96. The van der Waals surface area contributed by atoms with Crippen LogP contribution in [0.3, 0.4) is 0 Å². The Morgan fingerprint density at radius 3 is 2.74 bits per heavy atom. The molecule has 0 amide bonds. The zero-order chi connectivity index (χ0) is 16.2. The molecule has 2 aromatic rings. The fourth-order valence-corrected chi connectivity index (χ4v) is 2.72. The maximum absolute atomic E-state index is 14.3. The van der Waals surface area contributed by atoms with E-state index in [2.05, 4.69) is 19.9 Å². The number of hydrogen-bond donors (Lipinski definition) is 0. The molecule has 2 aromatic heterocycles. The second-order valence-electron chi connectivity index (χ2n) is 5.61. The average molecular weight is 317 g/mol. The van der Waals surface area contributed by atoms with Crippen molar-refractivity contribution in [3.05, 3.63) is 35.9 Å². The summed E-state index contributed by atoms with van der Waals surface area (Å²) < 4.78 is 20.2. The Morgan fingerprint density at radius 1 is 1.26 bits per heavy atom. The molecular weight excluding hydrogens is 297 g/mol. The van der Waals surface area contributed by atoms with Gasteiger partial charge in [0.25, 0.3) is 0 Å². The Labute approximate surface area is 134 Å². The summed E-state index contributed by atoms with van der Waals surface area (Å²) in [5, 5.41) is 0. The normalized spacial score (nSPS) is 15.7. The highest BCUT2D eigenvalue weighted by Gasteiger charge is 2.24. The highest BCUT2D eigenvalue weighted by molar-refractivity contribution is 5.41. The smallest absolute Gasteiger partial charge is 0.232 e. The van der Waals surface area contributed by atoms with Gasteiger partial charge >= 0.3 is 0 Å². The van der Waals surface area contributed by atoms with E-state index in [0.717, 1.165) is 18.5 Å². The molecule has 1 fully saturated rings. The van der Waals surface area contributed by atoms with Crippen molar-refractivity contribution in [2.75, 3.05) is 18.0 Å². The van der Waals surface area contributed by atoms with Crippen molar-refractivity contribution >= 4 is 5.82 Å². The summed E-state index contributed by atoms with van der Waals surface area (Å²) in [5.74, 6) is 0.634. The molecule has 0 aromatic carbocycles. The molecule has 122 valence electrons. The Balaban J connectivity index is 1.62. The molecule has 7 heteroatoms. The number of piperidine rings is 1. The Morgan fingerprint density at radius 2 is 2.04 bits per heavy atom. The molecule has 0 bridgehead atoms. The van der Waals surface area contributed by atoms with E-state index in [4.69, 9.17) is 4.74 Å². The van der Waals surface area contributed by atoms with Crippen LogP contribution >= 0.6 is 0 Å². The molecule has 1 aliphatic rings. The van der Waals surface area contributed by atoms with Crippen LogP contribution in [-0.2, 0) is 6.42 Å². The Bertz CT molecular complexity index is 673. The summed E-state index contributed by atoms with van der Waals surface area (Å²) in [7, 11) is 0. The van der Waals surface area contributed by atoms with E-state index in [9.17, 15) is 4.39 Å². The molecule has 1 saturated heterocycles. The number of hydrogen-bond acceptors (Lipinski definition) is 6. The van der Waals surface area contributed by atoms with E-state index in [1.165, 1.54) is 6.33 Å². The summed E-state index contributed by atoms with van der Waals surface area (Å²) in [6.45, 7) is 5.16. The number of ether oxygens (including phenoxy) is 1. The SMILES string of the molecule is CCc1ncnc(N2CCC(Oc3cncc(C)n3)CC2)c1F. The maximum atomic E-state index is 14.3. The monoisotopic (exact) mass is 317 g/mol. The zero-order valence-electron chi connectivity index (χ0n) is 13.4. The van der Waals surface area contributed by atoms with Gasteiger partial charge in [-0.25, -0.2) is 19.3 Å². The molecule has 0 aliphatic carbocycles. The second kappa shape index (κ2) is 6.85. The second-order valence-corrected chi connectivity index (χ2v) is 5.61. The Kier molecular flexibility index (Phi) is 4.64. The summed E-state index contributed by atoms with van der Waals surface area (Å²) in [4.78, 5) is 18.4. The van der Waals surface area contributed by atoms with Gasteiger partial charge in [0.1, 0.15) is 12.4 Å². The first kappa shape index (κ1) is 15.6. The van der Waals surface area contributed by atoms with Crippen LogP contribution in [-0.4, -0.2) is 39.1 Å². The fourth-order valence-electron chi connectivity index (χ4n) is 2.72. The van der Waals surface area contributed by atoms with Gasteiger partial charge in [0, 0.05) is 32.1 Å². The largest absolute Gasteiger partial charge is 0.473 e. The van der Waals surface area contributed by atoms with Crippen LogP contribution in [0.25, 0.3) is 0 Å². The lowest BCUT2D eigenvalue weighted by atomic mass is 10.1. The minimum atomic E-state index is -0.307. The van der Waals surface area contributed by atoms with Gasteiger partial charge in [-0.3, -0.25) is 4.98 Å². The molecule has 0 spiro atoms. The van der Waals surface area contributed by atoms with Crippen LogP contribution in [0.2, 0.25) is 0 Å². The number of rotatable bonds is 4. The van der Waals surface area contributed by atoms with Gasteiger partial charge in [0.2, 0.25) is 5.88 Å². The molecule has 0 unspecified atom stereocenters. The van der Waals surface area contributed by atoms with Gasteiger partial charge in [-0.15, -0.1) is 0 Å². The van der Waals surface area contributed by atoms with E-state index in [-0.39, 0.29) is 11.9 Å². The minimum Gasteiger partial charge on any atom is -0.473 e. The first-order chi connectivity index (χ1) is 11.2. The molecule has 3 heterocycles. The maximum Gasteiger partial charge on any atom is 0.232 e. The standard InChI is InChI=1S/C16H20FN5O/c1-3-13-15(17)16(20-10-19-13)22-6-4-12(5-7-22)23-14-9-18-8-11(2)21-14/h8-10,12H,3-7H2,1-2H3. The third-order valence-electron chi connectivity index (χ3n) is 3.94. The van der Waals surface area contributed by atoms with E-state index in [1.807, 2.05) is 18.7 Å². The predicted octanol–water partition coefficient (Wildman–Crippen LogP) is 2.32. The van der Waals surface area contributed by atoms with Crippen LogP contribution in [0.1, 0.15) is 31.2 Å². The van der Waals surface area contributed by atoms with Crippen LogP contribution in [0.5, 0.6) is 5.88 Å². The highest BCUT2D eigenvalue weighted by Crippen LogP contribution is 2.24. The quantitative estimate of drug-likeness (QED) is 0.862. The van der Waals surface area contributed by atoms with Crippen LogP contribution in [0.15, 0.2) is 18.7 Å². The van der Waals surface area contributed by atoms with Crippen molar-refractivity contribution in [1.82, 2.24) is 19.9 Å². The molecule has 0 radical (unpaired) electrons. The van der Waals surface area contributed by atoms with Crippen molar-refractivity contribution in [3.8, 4) is 5.88 Å². The summed E-state index contributed by atoms with van der Waals surface area (Å²) in [5.41, 5.74) is 1.29. The number of aryl methyl sites for hydroxylation is 2. The Hall–Kier alpha value is -2.31. The lowest BCUT2D eigenvalue weighted by Gasteiger charge is -2.32. The first-order valence-corrected chi connectivity index (χ1v) is 7.87. The van der Waals surface area contributed by atoms with Crippen molar-refractivity contribution < 1.29 is 9.13 Å². The minimum absolute atomic E-state index is 0.0675. The van der Waals surface area contributed by atoms with Gasteiger partial charge in [-0.2, -0.15) is 0 Å². The average Bonchev–Trinajstić information content (AvgIpc) is 2.56. The summed E-state index contributed by atoms with van der Waals surface area (Å²) in [6, 6.07) is 0. The van der Waals surface area contributed by atoms with Gasteiger partial charge in [0.15, 0.2) is 11.6 Å². The number of halogens is 1.